The minimum absolute atomic E-state index is 0.0302. The Kier molecular flexibility index (Phi) is 8.06. The van der Waals surface area contributed by atoms with Gasteiger partial charge < -0.3 is 20.1 Å². The first-order chi connectivity index (χ1) is 15.4. The molecule has 32 heavy (non-hydrogen) atoms. The second-order valence-electron chi connectivity index (χ2n) is 7.57. The first kappa shape index (κ1) is 23.5. The summed E-state index contributed by atoms with van der Waals surface area (Å²) in [6, 6.07) is 13.6. The van der Waals surface area contributed by atoms with Crippen molar-refractivity contribution in [1.29, 1.82) is 5.26 Å². The third-order valence-electron chi connectivity index (χ3n) is 5.07. The minimum atomic E-state index is -0.755. The number of rotatable bonds is 7. The first-order valence-electron chi connectivity index (χ1n) is 10.3. The molecular weight excluding hydrogens is 432 g/mol. The number of aliphatic hydroxyl groups is 1. The van der Waals surface area contributed by atoms with E-state index in [-0.39, 0.29) is 18.4 Å². The molecular formula is C23H25ClN4O4. The van der Waals surface area contributed by atoms with E-state index < -0.39 is 6.10 Å². The van der Waals surface area contributed by atoms with Crippen molar-refractivity contribution < 1.29 is 19.4 Å². The monoisotopic (exact) mass is 456 g/mol. The zero-order chi connectivity index (χ0) is 23.1. The van der Waals surface area contributed by atoms with E-state index in [9.17, 15) is 14.7 Å². The average Bonchev–Trinajstić information content (AvgIpc) is 2.78. The van der Waals surface area contributed by atoms with E-state index >= 15 is 0 Å². The number of hydrogen-bond acceptors (Lipinski definition) is 6. The van der Waals surface area contributed by atoms with Crippen molar-refractivity contribution in [2.75, 3.05) is 44.6 Å². The maximum atomic E-state index is 12.6. The van der Waals surface area contributed by atoms with Gasteiger partial charge in [-0.05, 0) is 42.5 Å². The van der Waals surface area contributed by atoms with Crippen molar-refractivity contribution in [2.45, 2.75) is 13.0 Å². The normalized spacial score (nSPS) is 15.0. The Morgan fingerprint density at radius 2 is 1.88 bits per heavy atom. The summed E-state index contributed by atoms with van der Waals surface area (Å²) in [6.45, 7) is 4.22. The maximum absolute atomic E-state index is 12.6. The van der Waals surface area contributed by atoms with Crippen molar-refractivity contribution in [3.8, 4) is 11.8 Å². The zero-order valence-corrected chi connectivity index (χ0v) is 18.5. The van der Waals surface area contributed by atoms with Crippen LogP contribution in [0.15, 0.2) is 42.5 Å². The zero-order valence-electron chi connectivity index (χ0n) is 17.8. The van der Waals surface area contributed by atoms with Crippen molar-refractivity contribution >= 4 is 29.1 Å². The van der Waals surface area contributed by atoms with Crippen molar-refractivity contribution in [1.82, 2.24) is 9.80 Å². The second kappa shape index (κ2) is 11.0. The molecule has 1 atom stereocenters. The number of β-amino-alcohol motifs (C(OH)–C–C–N with tert-alkyl or cyclic N) is 1. The van der Waals surface area contributed by atoms with Gasteiger partial charge in [0.1, 0.15) is 18.5 Å². The Hall–Kier alpha value is -3.12. The molecule has 9 heteroatoms. The van der Waals surface area contributed by atoms with Crippen LogP contribution in [0.25, 0.3) is 0 Å². The van der Waals surface area contributed by atoms with E-state index in [0.29, 0.717) is 60.3 Å². The molecule has 1 heterocycles. The Morgan fingerprint density at radius 1 is 1.19 bits per heavy atom. The molecule has 1 fully saturated rings. The molecule has 0 aromatic heterocycles. The van der Waals surface area contributed by atoms with Crippen molar-refractivity contribution in [3.63, 3.8) is 0 Å². The molecule has 2 N–H and O–H groups in total. The molecule has 0 radical (unpaired) electrons. The largest absolute Gasteiger partial charge is 0.489 e. The molecule has 1 unspecified atom stereocenters. The molecule has 2 amide bonds. The highest BCUT2D eigenvalue weighted by Gasteiger charge is 2.23. The molecule has 0 aliphatic carbocycles. The van der Waals surface area contributed by atoms with Gasteiger partial charge in [-0.3, -0.25) is 14.5 Å². The number of carbonyl (C=O) groups is 2. The smallest absolute Gasteiger partial charge is 0.253 e. The lowest BCUT2D eigenvalue weighted by Crippen LogP contribution is -2.50. The van der Waals surface area contributed by atoms with Crippen molar-refractivity contribution in [3.05, 3.63) is 58.6 Å². The average molecular weight is 457 g/mol. The lowest BCUT2D eigenvalue weighted by Gasteiger charge is -2.35. The minimum Gasteiger partial charge on any atom is -0.489 e. The van der Waals surface area contributed by atoms with E-state index in [0.717, 1.165) is 0 Å². The molecule has 1 saturated heterocycles. The van der Waals surface area contributed by atoms with Crippen LogP contribution in [-0.2, 0) is 4.79 Å². The highest BCUT2D eigenvalue weighted by molar-refractivity contribution is 6.30. The van der Waals surface area contributed by atoms with Gasteiger partial charge in [0.25, 0.3) is 5.91 Å². The topological polar surface area (TPSA) is 106 Å². The van der Waals surface area contributed by atoms with Crippen LogP contribution in [0.4, 0.5) is 5.69 Å². The summed E-state index contributed by atoms with van der Waals surface area (Å²) >= 11 is 5.88. The molecule has 0 spiro atoms. The molecule has 168 valence electrons. The van der Waals surface area contributed by atoms with Gasteiger partial charge in [0.2, 0.25) is 5.91 Å². The Labute approximate surface area is 191 Å². The standard InChI is InChI=1S/C23H25ClN4O4/c1-16(29)26-21-12-17(13-25)2-7-22(21)32-15-20(30)14-27-8-10-28(11-9-27)23(31)18-3-5-19(24)6-4-18/h2-7,12,20,30H,8-11,14-15H2,1H3,(H,26,29). The molecule has 2 aromatic rings. The van der Waals surface area contributed by atoms with E-state index in [1.54, 1.807) is 41.3 Å². The fourth-order valence-electron chi connectivity index (χ4n) is 3.46. The first-order valence-corrected chi connectivity index (χ1v) is 10.6. The molecule has 8 nitrogen and oxygen atoms in total. The van der Waals surface area contributed by atoms with E-state index in [1.165, 1.54) is 13.0 Å². The number of hydrogen-bond donors (Lipinski definition) is 2. The summed E-state index contributed by atoms with van der Waals surface area (Å²) in [7, 11) is 0. The predicted molar refractivity (Wildman–Crippen MR) is 121 cm³/mol. The lowest BCUT2D eigenvalue weighted by atomic mass is 10.1. The van der Waals surface area contributed by atoms with Gasteiger partial charge in [0.05, 0.1) is 17.3 Å². The Morgan fingerprint density at radius 3 is 2.50 bits per heavy atom. The van der Waals surface area contributed by atoms with Gasteiger partial charge in [-0.1, -0.05) is 11.6 Å². The number of piperazine rings is 1. The SMILES string of the molecule is CC(=O)Nc1cc(C#N)ccc1OCC(O)CN1CCN(C(=O)c2ccc(Cl)cc2)CC1. The number of amides is 2. The Bertz CT molecular complexity index is 998. The second-order valence-corrected chi connectivity index (χ2v) is 8.00. The molecule has 0 bridgehead atoms. The van der Waals surface area contributed by atoms with Crippen LogP contribution in [0.5, 0.6) is 5.75 Å². The van der Waals surface area contributed by atoms with Crippen LogP contribution in [0.1, 0.15) is 22.8 Å². The number of carbonyl (C=O) groups excluding carboxylic acids is 2. The van der Waals surface area contributed by atoms with Crippen LogP contribution < -0.4 is 10.1 Å². The van der Waals surface area contributed by atoms with Crippen LogP contribution in [-0.4, -0.2) is 72.2 Å². The van der Waals surface area contributed by atoms with E-state index in [1.807, 2.05) is 6.07 Å². The van der Waals surface area contributed by atoms with E-state index in [2.05, 4.69) is 10.2 Å². The van der Waals surface area contributed by atoms with Gasteiger partial charge in [-0.25, -0.2) is 0 Å². The number of ether oxygens (including phenoxy) is 1. The molecule has 0 saturated carbocycles. The molecule has 1 aliphatic rings. The van der Waals surface area contributed by atoms with Gasteiger partial charge in [-0.15, -0.1) is 0 Å². The number of anilines is 1. The fourth-order valence-corrected chi connectivity index (χ4v) is 3.58. The third kappa shape index (κ3) is 6.44. The number of aliphatic hydroxyl groups excluding tert-OH is 1. The van der Waals surface area contributed by atoms with Gasteiger partial charge >= 0.3 is 0 Å². The van der Waals surface area contributed by atoms with Crippen LogP contribution >= 0.6 is 11.6 Å². The number of benzene rings is 2. The quantitative estimate of drug-likeness (QED) is 0.662. The number of nitrogens with one attached hydrogen (secondary N) is 1. The molecule has 1 aliphatic heterocycles. The Balaban J connectivity index is 1.48. The van der Waals surface area contributed by atoms with Crippen LogP contribution in [0, 0.1) is 11.3 Å². The van der Waals surface area contributed by atoms with Gasteiger partial charge in [-0.2, -0.15) is 5.26 Å². The van der Waals surface area contributed by atoms with Gasteiger partial charge in [0.15, 0.2) is 0 Å². The highest BCUT2D eigenvalue weighted by atomic mass is 35.5. The van der Waals surface area contributed by atoms with Gasteiger partial charge in [0, 0.05) is 50.2 Å². The summed E-state index contributed by atoms with van der Waals surface area (Å²) in [5.74, 6) is 0.0738. The maximum Gasteiger partial charge on any atom is 0.253 e. The number of halogens is 1. The number of nitriles is 1. The highest BCUT2D eigenvalue weighted by Crippen LogP contribution is 2.26. The van der Waals surface area contributed by atoms with Crippen LogP contribution in [0.2, 0.25) is 5.02 Å². The fraction of sp³-hybridized carbons (Fsp3) is 0.348. The summed E-state index contributed by atoms with van der Waals surface area (Å²) in [6.07, 6.45) is -0.755. The summed E-state index contributed by atoms with van der Waals surface area (Å²) in [4.78, 5) is 27.9. The predicted octanol–water partition coefficient (Wildman–Crippen LogP) is 2.37. The van der Waals surface area contributed by atoms with Crippen molar-refractivity contribution in [2.24, 2.45) is 0 Å². The van der Waals surface area contributed by atoms with E-state index in [4.69, 9.17) is 21.6 Å². The van der Waals surface area contributed by atoms with Crippen LogP contribution in [0.3, 0.4) is 0 Å². The molecule has 3 rings (SSSR count). The summed E-state index contributed by atoms with van der Waals surface area (Å²) in [5, 5.41) is 22.7. The number of nitrogens with zero attached hydrogens (tertiary/aromatic N) is 3. The third-order valence-corrected chi connectivity index (χ3v) is 5.32. The molecule has 2 aromatic carbocycles. The summed E-state index contributed by atoms with van der Waals surface area (Å²) < 4.78 is 5.69. The summed E-state index contributed by atoms with van der Waals surface area (Å²) in [5.41, 5.74) is 1.39. The lowest BCUT2D eigenvalue weighted by molar-refractivity contribution is -0.114.